The van der Waals surface area contributed by atoms with Gasteiger partial charge in [0.2, 0.25) is 5.91 Å². The Morgan fingerprint density at radius 2 is 1.69 bits per heavy atom. The van der Waals surface area contributed by atoms with Gasteiger partial charge in [0.25, 0.3) is 10.0 Å². The minimum absolute atomic E-state index is 0.172. The summed E-state index contributed by atoms with van der Waals surface area (Å²) >= 11 is 5.89. The molecule has 0 spiro atoms. The third-order valence-corrected chi connectivity index (χ3v) is 7.24. The van der Waals surface area contributed by atoms with Gasteiger partial charge in [-0.25, -0.2) is 12.8 Å². The standard InChI is InChI=1S/C25H26ClFN2O5S/c1-33-23-14-13-20(16-24(23)34-2)35(31,32)29(22-8-4-3-7-21(22)27)17-25(30)28-15-5-6-18-9-11-19(26)12-10-18/h3-4,7-14,16H,5-6,15,17H2,1-2H3,(H,28,30). The van der Waals surface area contributed by atoms with Crippen molar-refractivity contribution in [3.05, 3.63) is 83.1 Å². The molecule has 0 bridgehead atoms. The summed E-state index contributed by atoms with van der Waals surface area (Å²) in [5.74, 6) is -0.809. The first-order chi connectivity index (χ1) is 16.8. The number of halogens is 2. The highest BCUT2D eigenvalue weighted by Crippen LogP contribution is 2.32. The average Bonchev–Trinajstić information content (AvgIpc) is 2.86. The van der Waals surface area contributed by atoms with Gasteiger partial charge in [0.05, 0.1) is 24.8 Å². The molecule has 7 nitrogen and oxygen atoms in total. The van der Waals surface area contributed by atoms with E-state index in [0.717, 1.165) is 15.9 Å². The molecule has 3 aromatic rings. The van der Waals surface area contributed by atoms with Crippen LogP contribution in [0.4, 0.5) is 10.1 Å². The second-order valence-electron chi connectivity index (χ2n) is 7.56. The molecule has 0 aromatic heterocycles. The summed E-state index contributed by atoms with van der Waals surface area (Å²) < 4.78 is 52.7. The maximum absolute atomic E-state index is 14.6. The van der Waals surface area contributed by atoms with Gasteiger partial charge >= 0.3 is 0 Å². The zero-order valence-corrected chi connectivity index (χ0v) is 20.9. The van der Waals surface area contributed by atoms with Crippen LogP contribution in [-0.2, 0) is 21.2 Å². The Kier molecular flexibility index (Phi) is 8.95. The first-order valence-electron chi connectivity index (χ1n) is 10.8. The van der Waals surface area contributed by atoms with E-state index in [-0.39, 0.29) is 16.3 Å². The number of hydrogen-bond donors (Lipinski definition) is 1. The van der Waals surface area contributed by atoms with Crippen molar-refractivity contribution >= 4 is 33.2 Å². The summed E-state index contributed by atoms with van der Waals surface area (Å²) in [6.07, 6.45) is 1.34. The monoisotopic (exact) mass is 520 g/mol. The number of ether oxygens (including phenoxy) is 2. The SMILES string of the molecule is COc1ccc(S(=O)(=O)N(CC(=O)NCCCc2ccc(Cl)cc2)c2ccccc2F)cc1OC. The van der Waals surface area contributed by atoms with Crippen LogP contribution in [0, 0.1) is 5.82 Å². The molecule has 0 fully saturated rings. The summed E-state index contributed by atoms with van der Waals surface area (Å²) in [5, 5.41) is 3.35. The van der Waals surface area contributed by atoms with Crippen molar-refractivity contribution in [3.63, 3.8) is 0 Å². The molecule has 3 aromatic carbocycles. The van der Waals surface area contributed by atoms with E-state index in [0.29, 0.717) is 30.2 Å². The predicted molar refractivity (Wildman–Crippen MR) is 133 cm³/mol. The third-order valence-electron chi connectivity index (χ3n) is 5.23. The van der Waals surface area contributed by atoms with E-state index in [1.165, 1.54) is 50.6 Å². The summed E-state index contributed by atoms with van der Waals surface area (Å²) in [6, 6.07) is 16.8. The summed E-state index contributed by atoms with van der Waals surface area (Å²) in [5.41, 5.74) is 0.825. The lowest BCUT2D eigenvalue weighted by Gasteiger charge is -2.25. The van der Waals surface area contributed by atoms with Gasteiger partial charge in [0, 0.05) is 17.6 Å². The average molecular weight is 521 g/mol. The number of rotatable bonds is 11. The molecule has 186 valence electrons. The van der Waals surface area contributed by atoms with Gasteiger partial charge in [-0.05, 0) is 54.8 Å². The first kappa shape index (κ1) is 26.3. The molecular weight excluding hydrogens is 495 g/mol. The number of benzene rings is 3. The number of para-hydroxylation sites is 1. The van der Waals surface area contributed by atoms with Crippen molar-refractivity contribution in [3.8, 4) is 11.5 Å². The zero-order valence-electron chi connectivity index (χ0n) is 19.3. The Morgan fingerprint density at radius 3 is 2.34 bits per heavy atom. The zero-order chi connectivity index (χ0) is 25.4. The molecule has 35 heavy (non-hydrogen) atoms. The van der Waals surface area contributed by atoms with Crippen LogP contribution < -0.4 is 19.1 Å². The van der Waals surface area contributed by atoms with Crippen molar-refractivity contribution in [1.29, 1.82) is 0 Å². The van der Waals surface area contributed by atoms with E-state index in [2.05, 4.69) is 5.32 Å². The highest BCUT2D eigenvalue weighted by molar-refractivity contribution is 7.92. The molecule has 0 aliphatic heterocycles. The number of nitrogens with zero attached hydrogens (tertiary/aromatic N) is 1. The van der Waals surface area contributed by atoms with Crippen LogP contribution in [0.25, 0.3) is 0 Å². The smallest absolute Gasteiger partial charge is 0.265 e. The van der Waals surface area contributed by atoms with Crippen molar-refractivity contribution in [2.75, 3.05) is 31.6 Å². The lowest BCUT2D eigenvalue weighted by Crippen LogP contribution is -2.41. The molecule has 0 heterocycles. The molecule has 1 N–H and O–H groups in total. The fraction of sp³-hybridized carbons (Fsp3) is 0.240. The van der Waals surface area contributed by atoms with Gasteiger partial charge < -0.3 is 14.8 Å². The molecule has 0 unspecified atom stereocenters. The lowest BCUT2D eigenvalue weighted by molar-refractivity contribution is -0.119. The van der Waals surface area contributed by atoms with Gasteiger partial charge in [0.15, 0.2) is 11.5 Å². The Labute approximate surface area is 209 Å². The van der Waals surface area contributed by atoms with Crippen LogP contribution in [0.1, 0.15) is 12.0 Å². The van der Waals surface area contributed by atoms with Crippen LogP contribution in [0.5, 0.6) is 11.5 Å². The van der Waals surface area contributed by atoms with E-state index in [9.17, 15) is 17.6 Å². The normalized spacial score (nSPS) is 11.1. The van der Waals surface area contributed by atoms with Crippen LogP contribution in [-0.4, -0.2) is 41.6 Å². The predicted octanol–water partition coefficient (Wildman–Crippen LogP) is 4.44. The van der Waals surface area contributed by atoms with Gasteiger partial charge in [-0.15, -0.1) is 0 Å². The molecule has 0 aliphatic carbocycles. The Balaban J connectivity index is 1.78. The quantitative estimate of drug-likeness (QED) is 0.378. The van der Waals surface area contributed by atoms with Crippen LogP contribution in [0.15, 0.2) is 71.6 Å². The minimum Gasteiger partial charge on any atom is -0.493 e. The number of carbonyl (C=O) groups is 1. The molecule has 0 atom stereocenters. The van der Waals surface area contributed by atoms with Gasteiger partial charge in [0.1, 0.15) is 12.4 Å². The van der Waals surface area contributed by atoms with E-state index in [1.54, 1.807) is 12.1 Å². The molecule has 3 rings (SSSR count). The first-order valence-corrected chi connectivity index (χ1v) is 12.6. The van der Waals surface area contributed by atoms with Gasteiger partial charge in [-0.1, -0.05) is 35.9 Å². The highest BCUT2D eigenvalue weighted by Gasteiger charge is 2.30. The topological polar surface area (TPSA) is 84.9 Å². The lowest BCUT2D eigenvalue weighted by atomic mass is 10.1. The molecule has 0 radical (unpaired) electrons. The fourth-order valence-electron chi connectivity index (χ4n) is 3.42. The Morgan fingerprint density at radius 1 is 1.00 bits per heavy atom. The second-order valence-corrected chi connectivity index (χ2v) is 9.86. The van der Waals surface area contributed by atoms with Crippen molar-refractivity contribution in [2.24, 2.45) is 0 Å². The maximum atomic E-state index is 14.6. The molecule has 0 aliphatic rings. The number of sulfonamides is 1. The van der Waals surface area contributed by atoms with Crippen LogP contribution in [0.2, 0.25) is 5.02 Å². The van der Waals surface area contributed by atoms with E-state index < -0.39 is 28.3 Å². The largest absolute Gasteiger partial charge is 0.493 e. The minimum atomic E-state index is -4.32. The van der Waals surface area contributed by atoms with Crippen molar-refractivity contribution in [2.45, 2.75) is 17.7 Å². The molecule has 0 saturated heterocycles. The van der Waals surface area contributed by atoms with E-state index in [4.69, 9.17) is 21.1 Å². The molecule has 10 heteroatoms. The summed E-state index contributed by atoms with van der Waals surface area (Å²) in [6.45, 7) is -0.276. The number of hydrogen-bond acceptors (Lipinski definition) is 5. The summed E-state index contributed by atoms with van der Waals surface area (Å²) in [4.78, 5) is 12.5. The van der Waals surface area contributed by atoms with Gasteiger partial charge in [-0.2, -0.15) is 0 Å². The van der Waals surface area contributed by atoms with Gasteiger partial charge in [-0.3, -0.25) is 9.10 Å². The van der Waals surface area contributed by atoms with E-state index in [1.807, 2.05) is 12.1 Å². The van der Waals surface area contributed by atoms with Crippen molar-refractivity contribution in [1.82, 2.24) is 5.32 Å². The number of nitrogens with one attached hydrogen (secondary N) is 1. The molecule has 1 amide bonds. The maximum Gasteiger partial charge on any atom is 0.265 e. The number of amides is 1. The molecule has 0 saturated carbocycles. The van der Waals surface area contributed by atoms with Crippen LogP contribution in [0.3, 0.4) is 0 Å². The fourth-order valence-corrected chi connectivity index (χ4v) is 4.99. The number of methoxy groups -OCH3 is 2. The third kappa shape index (κ3) is 6.64. The second kappa shape index (κ2) is 11.9. The summed E-state index contributed by atoms with van der Waals surface area (Å²) in [7, 11) is -1.52. The number of anilines is 1. The number of aryl methyl sites for hydroxylation is 1. The van der Waals surface area contributed by atoms with Crippen LogP contribution >= 0.6 is 11.6 Å². The van der Waals surface area contributed by atoms with Crippen molar-refractivity contribution < 1.29 is 27.1 Å². The number of carbonyl (C=O) groups excluding carboxylic acids is 1. The van der Waals surface area contributed by atoms with E-state index >= 15 is 0 Å². The highest BCUT2D eigenvalue weighted by atomic mass is 35.5. The molecular formula is C25H26ClFN2O5S. The Hall–Kier alpha value is -3.30. The Bertz CT molecular complexity index is 1270.